The zero-order chi connectivity index (χ0) is 8.27. The lowest BCUT2D eigenvalue weighted by atomic mass is 10.4. The van der Waals surface area contributed by atoms with Crippen molar-refractivity contribution in [3.8, 4) is 0 Å². The van der Waals surface area contributed by atoms with Crippen LogP contribution in [0.25, 0.3) is 6.08 Å². The molecule has 11 heavy (non-hydrogen) atoms. The average Bonchev–Trinajstić information content (AvgIpc) is 2.31. The van der Waals surface area contributed by atoms with Gasteiger partial charge in [0.05, 0.1) is 15.5 Å². The molecule has 0 aromatic carbocycles. The van der Waals surface area contributed by atoms with Crippen molar-refractivity contribution in [2.75, 3.05) is 0 Å². The Bertz CT molecular complexity index is 292. The molecule has 0 aliphatic heterocycles. The first-order chi connectivity index (χ1) is 5.18. The summed E-state index contributed by atoms with van der Waals surface area (Å²) in [5.74, 6) is 0.452. The maximum Gasteiger partial charge on any atom is 0.238 e. The number of hydrogen-bond donors (Lipinski definition) is 0. The van der Waals surface area contributed by atoms with Gasteiger partial charge < -0.3 is 4.42 Å². The van der Waals surface area contributed by atoms with E-state index in [0.717, 1.165) is 10.7 Å². The first-order valence-electron chi connectivity index (χ1n) is 2.74. The van der Waals surface area contributed by atoms with Gasteiger partial charge in [0.2, 0.25) is 6.20 Å². The molecule has 0 atom stereocenters. The molecular weight excluding hydrogens is 214 g/mol. The van der Waals surface area contributed by atoms with Crippen LogP contribution in [0.15, 0.2) is 27.4 Å². The summed E-state index contributed by atoms with van der Waals surface area (Å²) in [4.78, 5) is 9.30. The topological polar surface area (TPSA) is 56.3 Å². The Balaban J connectivity index is 2.71. The summed E-state index contributed by atoms with van der Waals surface area (Å²) in [6, 6.07) is 1.64. The Hall–Kier alpha value is -1.10. The minimum Gasteiger partial charge on any atom is -0.464 e. The van der Waals surface area contributed by atoms with Crippen LogP contribution in [0.1, 0.15) is 5.76 Å². The van der Waals surface area contributed by atoms with Gasteiger partial charge in [-0.3, -0.25) is 10.1 Å². The molecule has 0 bridgehead atoms. The molecule has 0 saturated carbocycles. The zero-order valence-electron chi connectivity index (χ0n) is 5.36. The van der Waals surface area contributed by atoms with Gasteiger partial charge in [0.25, 0.3) is 0 Å². The molecule has 0 aliphatic carbocycles. The van der Waals surface area contributed by atoms with Gasteiger partial charge in [-0.1, -0.05) is 0 Å². The van der Waals surface area contributed by atoms with E-state index in [2.05, 4.69) is 15.9 Å². The van der Waals surface area contributed by atoms with Crippen molar-refractivity contribution in [1.29, 1.82) is 0 Å². The van der Waals surface area contributed by atoms with E-state index >= 15 is 0 Å². The van der Waals surface area contributed by atoms with Crippen LogP contribution in [-0.2, 0) is 0 Å². The van der Waals surface area contributed by atoms with Crippen LogP contribution in [0.5, 0.6) is 0 Å². The number of nitro groups is 1. The average molecular weight is 218 g/mol. The van der Waals surface area contributed by atoms with Gasteiger partial charge in [0.15, 0.2) is 0 Å². The molecular formula is C6H4BrNO3. The molecule has 0 N–H and O–H groups in total. The highest BCUT2D eigenvalue weighted by atomic mass is 79.9. The molecule has 0 fully saturated rings. The number of nitrogens with zero attached hydrogens (tertiary/aromatic N) is 1. The first kappa shape index (κ1) is 8.00. The summed E-state index contributed by atoms with van der Waals surface area (Å²) < 4.78 is 5.64. The van der Waals surface area contributed by atoms with E-state index in [9.17, 15) is 10.1 Å². The Morgan fingerprint density at radius 2 is 2.45 bits per heavy atom. The van der Waals surface area contributed by atoms with Gasteiger partial charge in [-0.15, -0.1) is 0 Å². The number of halogens is 1. The van der Waals surface area contributed by atoms with E-state index in [1.54, 1.807) is 6.07 Å². The van der Waals surface area contributed by atoms with Crippen LogP contribution in [0.4, 0.5) is 0 Å². The highest BCUT2D eigenvalue weighted by Gasteiger charge is 1.95. The minimum atomic E-state index is -0.545. The fourth-order valence-corrected chi connectivity index (χ4v) is 0.869. The van der Waals surface area contributed by atoms with E-state index in [4.69, 9.17) is 4.42 Å². The number of rotatable bonds is 2. The van der Waals surface area contributed by atoms with Crippen molar-refractivity contribution >= 4 is 22.0 Å². The third-order valence-electron chi connectivity index (χ3n) is 0.948. The summed E-state index contributed by atoms with van der Waals surface area (Å²) >= 11 is 3.14. The highest BCUT2D eigenvalue weighted by Crippen LogP contribution is 2.14. The minimum absolute atomic E-state index is 0.452. The number of hydrogen-bond acceptors (Lipinski definition) is 3. The molecule has 0 aliphatic rings. The molecule has 0 unspecified atom stereocenters. The summed E-state index contributed by atoms with van der Waals surface area (Å²) in [7, 11) is 0. The molecule has 1 heterocycles. The summed E-state index contributed by atoms with van der Waals surface area (Å²) in [5.41, 5.74) is 0. The largest absolute Gasteiger partial charge is 0.464 e. The summed E-state index contributed by atoms with van der Waals surface area (Å²) in [5, 5.41) is 9.84. The van der Waals surface area contributed by atoms with Gasteiger partial charge in [-0.05, 0) is 22.0 Å². The predicted molar refractivity (Wildman–Crippen MR) is 42.4 cm³/mol. The predicted octanol–water partition coefficient (Wildman–Crippen LogP) is 2.29. The standard InChI is InChI=1S/C6H4BrNO3/c7-5-3-6(11-4-5)1-2-8(9)10/h1-4H/b2-1+. The molecule has 58 valence electrons. The summed E-state index contributed by atoms with van der Waals surface area (Å²) in [6.45, 7) is 0. The van der Waals surface area contributed by atoms with Crippen molar-refractivity contribution in [2.45, 2.75) is 0 Å². The molecule has 4 nitrogen and oxygen atoms in total. The fraction of sp³-hybridized carbons (Fsp3) is 0. The SMILES string of the molecule is O=[N+]([O-])/C=C/c1cc(Br)co1. The lowest BCUT2D eigenvalue weighted by Gasteiger charge is -1.77. The van der Waals surface area contributed by atoms with Gasteiger partial charge in [0, 0.05) is 0 Å². The molecule has 0 amide bonds. The van der Waals surface area contributed by atoms with Crippen LogP contribution in [-0.4, -0.2) is 4.92 Å². The Kier molecular flexibility index (Phi) is 2.43. The molecule has 1 aromatic rings. The molecule has 0 saturated heterocycles. The highest BCUT2D eigenvalue weighted by molar-refractivity contribution is 9.10. The van der Waals surface area contributed by atoms with Crippen molar-refractivity contribution in [2.24, 2.45) is 0 Å². The van der Waals surface area contributed by atoms with Gasteiger partial charge >= 0.3 is 0 Å². The van der Waals surface area contributed by atoms with E-state index in [0.29, 0.717) is 5.76 Å². The molecule has 0 radical (unpaired) electrons. The summed E-state index contributed by atoms with van der Waals surface area (Å²) in [6.07, 6.45) is 3.57. The third kappa shape index (κ3) is 2.55. The molecule has 5 heteroatoms. The lowest BCUT2D eigenvalue weighted by molar-refractivity contribution is -0.401. The second-order valence-corrected chi connectivity index (χ2v) is 2.68. The third-order valence-corrected chi connectivity index (χ3v) is 1.36. The Morgan fingerprint density at radius 1 is 1.73 bits per heavy atom. The quantitative estimate of drug-likeness (QED) is 0.565. The van der Waals surface area contributed by atoms with E-state index in [-0.39, 0.29) is 0 Å². The second kappa shape index (κ2) is 3.34. The van der Waals surface area contributed by atoms with Crippen molar-refractivity contribution in [1.82, 2.24) is 0 Å². The van der Waals surface area contributed by atoms with Crippen molar-refractivity contribution in [3.05, 3.63) is 38.9 Å². The Labute approximate surface area is 70.8 Å². The molecule has 1 aromatic heterocycles. The van der Waals surface area contributed by atoms with Crippen LogP contribution in [0.2, 0.25) is 0 Å². The van der Waals surface area contributed by atoms with Gasteiger partial charge in [-0.25, -0.2) is 0 Å². The molecule has 0 spiro atoms. The first-order valence-corrected chi connectivity index (χ1v) is 3.53. The van der Waals surface area contributed by atoms with E-state index in [1.165, 1.54) is 12.3 Å². The molecule has 1 rings (SSSR count). The van der Waals surface area contributed by atoms with Gasteiger partial charge in [-0.2, -0.15) is 0 Å². The second-order valence-electron chi connectivity index (χ2n) is 1.77. The maximum absolute atomic E-state index is 9.84. The smallest absolute Gasteiger partial charge is 0.238 e. The zero-order valence-corrected chi connectivity index (χ0v) is 6.95. The van der Waals surface area contributed by atoms with Crippen LogP contribution < -0.4 is 0 Å². The van der Waals surface area contributed by atoms with Gasteiger partial charge in [0.1, 0.15) is 12.0 Å². The Morgan fingerprint density at radius 3 is 2.91 bits per heavy atom. The normalized spacial score (nSPS) is 10.6. The fourth-order valence-electron chi connectivity index (χ4n) is 0.550. The van der Waals surface area contributed by atoms with Crippen LogP contribution >= 0.6 is 15.9 Å². The van der Waals surface area contributed by atoms with Crippen molar-refractivity contribution in [3.63, 3.8) is 0 Å². The maximum atomic E-state index is 9.84. The van der Waals surface area contributed by atoms with E-state index in [1.807, 2.05) is 0 Å². The number of furan rings is 1. The van der Waals surface area contributed by atoms with Crippen molar-refractivity contribution < 1.29 is 9.34 Å². The van der Waals surface area contributed by atoms with E-state index < -0.39 is 4.92 Å². The van der Waals surface area contributed by atoms with Crippen LogP contribution in [0.3, 0.4) is 0 Å². The monoisotopic (exact) mass is 217 g/mol. The lowest BCUT2D eigenvalue weighted by Crippen LogP contribution is -1.80. The van der Waals surface area contributed by atoms with Crippen LogP contribution in [0, 0.1) is 10.1 Å².